The Balaban J connectivity index is 2.13. The maximum Gasteiger partial charge on any atom is 0.224 e. The number of anilines is 1. The SMILES string of the molecule is CC(C)N(C)CCCCNC(=O)Cc1ccc(N)cc1. The number of benzene rings is 1. The Morgan fingerprint density at radius 3 is 2.50 bits per heavy atom. The van der Waals surface area contributed by atoms with Gasteiger partial charge in [0.05, 0.1) is 6.42 Å². The fourth-order valence-electron chi connectivity index (χ4n) is 1.86. The van der Waals surface area contributed by atoms with E-state index in [4.69, 9.17) is 5.73 Å². The number of nitrogens with two attached hydrogens (primary N) is 1. The average Bonchev–Trinajstić information content (AvgIpc) is 2.40. The molecule has 112 valence electrons. The first-order valence-corrected chi connectivity index (χ1v) is 7.30. The first-order chi connectivity index (χ1) is 9.49. The van der Waals surface area contributed by atoms with Gasteiger partial charge in [-0.05, 0) is 58.0 Å². The van der Waals surface area contributed by atoms with Crippen molar-refractivity contribution in [2.45, 2.75) is 39.2 Å². The Labute approximate surface area is 122 Å². The molecule has 0 atom stereocenters. The number of carbonyl (C=O) groups is 1. The van der Waals surface area contributed by atoms with Gasteiger partial charge in [-0.25, -0.2) is 0 Å². The van der Waals surface area contributed by atoms with Crippen molar-refractivity contribution < 1.29 is 4.79 Å². The number of nitrogens with zero attached hydrogens (tertiary/aromatic N) is 1. The van der Waals surface area contributed by atoms with Crippen LogP contribution in [0.15, 0.2) is 24.3 Å². The predicted molar refractivity (Wildman–Crippen MR) is 84.6 cm³/mol. The van der Waals surface area contributed by atoms with E-state index >= 15 is 0 Å². The van der Waals surface area contributed by atoms with E-state index in [0.29, 0.717) is 12.5 Å². The van der Waals surface area contributed by atoms with Gasteiger partial charge in [-0.15, -0.1) is 0 Å². The Hall–Kier alpha value is -1.55. The Bertz CT molecular complexity index is 401. The molecule has 20 heavy (non-hydrogen) atoms. The summed E-state index contributed by atoms with van der Waals surface area (Å²) in [6.45, 7) is 6.20. The van der Waals surface area contributed by atoms with Gasteiger partial charge in [-0.1, -0.05) is 12.1 Å². The molecule has 0 heterocycles. The summed E-state index contributed by atoms with van der Waals surface area (Å²) in [4.78, 5) is 14.1. The number of amides is 1. The van der Waals surface area contributed by atoms with E-state index in [0.717, 1.165) is 37.2 Å². The lowest BCUT2D eigenvalue weighted by atomic mass is 10.1. The van der Waals surface area contributed by atoms with Gasteiger partial charge in [0.1, 0.15) is 0 Å². The molecule has 0 fully saturated rings. The van der Waals surface area contributed by atoms with Crippen LogP contribution in [0.1, 0.15) is 32.3 Å². The molecule has 1 aromatic rings. The van der Waals surface area contributed by atoms with Gasteiger partial charge in [-0.3, -0.25) is 4.79 Å². The normalized spacial score (nSPS) is 11.1. The smallest absolute Gasteiger partial charge is 0.224 e. The second-order valence-electron chi connectivity index (χ2n) is 5.55. The highest BCUT2D eigenvalue weighted by molar-refractivity contribution is 5.78. The van der Waals surface area contributed by atoms with Gasteiger partial charge < -0.3 is 16.0 Å². The van der Waals surface area contributed by atoms with E-state index in [9.17, 15) is 4.79 Å². The molecule has 0 aliphatic rings. The van der Waals surface area contributed by atoms with Gasteiger partial charge in [0.15, 0.2) is 0 Å². The van der Waals surface area contributed by atoms with Crippen molar-refractivity contribution in [3.05, 3.63) is 29.8 Å². The summed E-state index contributed by atoms with van der Waals surface area (Å²) in [7, 11) is 2.13. The minimum absolute atomic E-state index is 0.0759. The van der Waals surface area contributed by atoms with Crippen LogP contribution in [0.25, 0.3) is 0 Å². The highest BCUT2D eigenvalue weighted by Crippen LogP contribution is 2.06. The second kappa shape index (κ2) is 8.59. The van der Waals surface area contributed by atoms with Crippen molar-refractivity contribution in [1.82, 2.24) is 10.2 Å². The van der Waals surface area contributed by atoms with E-state index in [1.165, 1.54) is 0 Å². The largest absolute Gasteiger partial charge is 0.399 e. The minimum atomic E-state index is 0.0759. The summed E-state index contributed by atoms with van der Waals surface area (Å²) >= 11 is 0. The Morgan fingerprint density at radius 1 is 1.25 bits per heavy atom. The zero-order chi connectivity index (χ0) is 15.0. The summed E-state index contributed by atoms with van der Waals surface area (Å²) in [5.74, 6) is 0.0759. The summed E-state index contributed by atoms with van der Waals surface area (Å²) in [6.07, 6.45) is 2.55. The molecule has 0 unspecified atom stereocenters. The quantitative estimate of drug-likeness (QED) is 0.565. The number of unbranched alkanes of at least 4 members (excludes halogenated alkanes) is 1. The lowest BCUT2D eigenvalue weighted by molar-refractivity contribution is -0.120. The van der Waals surface area contributed by atoms with Gasteiger partial charge in [0.2, 0.25) is 5.91 Å². The van der Waals surface area contributed by atoms with E-state index in [1.807, 2.05) is 24.3 Å². The molecule has 4 heteroatoms. The van der Waals surface area contributed by atoms with Crippen LogP contribution in [-0.4, -0.2) is 37.0 Å². The lowest BCUT2D eigenvalue weighted by Gasteiger charge is -2.20. The van der Waals surface area contributed by atoms with Crippen molar-refractivity contribution in [2.75, 3.05) is 25.9 Å². The van der Waals surface area contributed by atoms with E-state index in [1.54, 1.807) is 0 Å². The summed E-state index contributed by atoms with van der Waals surface area (Å²) < 4.78 is 0. The van der Waals surface area contributed by atoms with Crippen LogP contribution in [0.2, 0.25) is 0 Å². The number of nitrogen functional groups attached to an aromatic ring is 1. The molecule has 1 aromatic carbocycles. The molecular formula is C16H27N3O. The molecule has 0 bridgehead atoms. The zero-order valence-corrected chi connectivity index (χ0v) is 12.9. The highest BCUT2D eigenvalue weighted by atomic mass is 16.1. The second-order valence-corrected chi connectivity index (χ2v) is 5.55. The van der Waals surface area contributed by atoms with Gasteiger partial charge in [-0.2, -0.15) is 0 Å². The third kappa shape index (κ3) is 6.57. The van der Waals surface area contributed by atoms with E-state index in [2.05, 4.69) is 31.1 Å². The molecule has 0 aromatic heterocycles. The van der Waals surface area contributed by atoms with Crippen LogP contribution in [0, 0.1) is 0 Å². The minimum Gasteiger partial charge on any atom is -0.399 e. The third-order valence-corrected chi connectivity index (χ3v) is 3.49. The maximum atomic E-state index is 11.7. The fraction of sp³-hybridized carbons (Fsp3) is 0.562. The molecule has 0 aliphatic carbocycles. The molecule has 0 aliphatic heterocycles. The summed E-state index contributed by atoms with van der Waals surface area (Å²) in [5.41, 5.74) is 7.33. The first-order valence-electron chi connectivity index (χ1n) is 7.30. The monoisotopic (exact) mass is 277 g/mol. The van der Waals surface area contributed by atoms with Crippen molar-refractivity contribution >= 4 is 11.6 Å². The molecule has 1 rings (SSSR count). The molecule has 0 saturated heterocycles. The molecule has 0 saturated carbocycles. The topological polar surface area (TPSA) is 58.4 Å². The lowest BCUT2D eigenvalue weighted by Crippen LogP contribution is -2.29. The van der Waals surface area contributed by atoms with Crippen LogP contribution in [0.3, 0.4) is 0 Å². The molecule has 0 spiro atoms. The first kappa shape index (κ1) is 16.5. The number of rotatable bonds is 8. The number of carbonyl (C=O) groups excluding carboxylic acids is 1. The van der Waals surface area contributed by atoms with Crippen LogP contribution >= 0.6 is 0 Å². The maximum absolute atomic E-state index is 11.7. The van der Waals surface area contributed by atoms with E-state index < -0.39 is 0 Å². The molecule has 0 radical (unpaired) electrons. The third-order valence-electron chi connectivity index (χ3n) is 3.49. The summed E-state index contributed by atoms with van der Waals surface area (Å²) in [5, 5.41) is 2.96. The number of nitrogens with one attached hydrogen (secondary N) is 1. The zero-order valence-electron chi connectivity index (χ0n) is 12.9. The van der Waals surface area contributed by atoms with E-state index in [-0.39, 0.29) is 5.91 Å². The summed E-state index contributed by atoms with van der Waals surface area (Å²) in [6, 6.07) is 8.02. The Morgan fingerprint density at radius 2 is 1.90 bits per heavy atom. The van der Waals surface area contributed by atoms with Crippen molar-refractivity contribution in [3.8, 4) is 0 Å². The number of hydrogen-bond acceptors (Lipinski definition) is 3. The highest BCUT2D eigenvalue weighted by Gasteiger charge is 2.04. The van der Waals surface area contributed by atoms with Crippen LogP contribution in [-0.2, 0) is 11.2 Å². The molecule has 4 nitrogen and oxygen atoms in total. The van der Waals surface area contributed by atoms with Crippen molar-refractivity contribution in [1.29, 1.82) is 0 Å². The molecular weight excluding hydrogens is 250 g/mol. The fourth-order valence-corrected chi connectivity index (χ4v) is 1.86. The molecule has 3 N–H and O–H groups in total. The van der Waals surface area contributed by atoms with Gasteiger partial charge in [0.25, 0.3) is 0 Å². The van der Waals surface area contributed by atoms with Gasteiger partial charge in [0, 0.05) is 18.3 Å². The number of hydrogen-bond donors (Lipinski definition) is 2. The average molecular weight is 277 g/mol. The standard InChI is InChI=1S/C16H27N3O/c1-13(2)19(3)11-5-4-10-18-16(20)12-14-6-8-15(17)9-7-14/h6-9,13H,4-5,10-12,17H2,1-3H3,(H,18,20). The van der Waals surface area contributed by atoms with Crippen molar-refractivity contribution in [3.63, 3.8) is 0 Å². The predicted octanol–water partition coefficient (Wildman–Crippen LogP) is 2.05. The van der Waals surface area contributed by atoms with Crippen LogP contribution < -0.4 is 11.1 Å². The Kier molecular flexibility index (Phi) is 7.09. The molecule has 1 amide bonds. The van der Waals surface area contributed by atoms with Crippen molar-refractivity contribution in [2.24, 2.45) is 0 Å². The van der Waals surface area contributed by atoms with Crippen LogP contribution in [0.5, 0.6) is 0 Å². The van der Waals surface area contributed by atoms with Gasteiger partial charge >= 0.3 is 0 Å². The van der Waals surface area contributed by atoms with Crippen LogP contribution in [0.4, 0.5) is 5.69 Å².